The van der Waals surface area contributed by atoms with Gasteiger partial charge in [0, 0.05) is 18.7 Å². The van der Waals surface area contributed by atoms with E-state index in [1.807, 2.05) is 6.92 Å². The Hall–Kier alpha value is -2.86. The van der Waals surface area contributed by atoms with Crippen molar-refractivity contribution in [3.05, 3.63) is 35.7 Å². The van der Waals surface area contributed by atoms with Crippen LogP contribution in [0.4, 0.5) is 14.5 Å². The van der Waals surface area contributed by atoms with Gasteiger partial charge >= 0.3 is 0 Å². The average Bonchev–Trinajstić information content (AvgIpc) is 3.31. The molecule has 0 radical (unpaired) electrons. The topological polar surface area (TPSA) is 84.8 Å². The third kappa shape index (κ3) is 5.00. The van der Waals surface area contributed by atoms with Gasteiger partial charge in [-0.2, -0.15) is 0 Å². The molecule has 1 saturated heterocycles. The van der Waals surface area contributed by atoms with Crippen LogP contribution in [0.2, 0.25) is 0 Å². The Bertz CT molecular complexity index is 902. The first-order chi connectivity index (χ1) is 14.4. The smallest absolute Gasteiger partial charge is 0.256 e. The molecule has 0 atom stereocenters. The molecular formula is C18H22F2N6O3S. The van der Waals surface area contributed by atoms with Crippen molar-refractivity contribution in [2.24, 2.45) is 0 Å². The van der Waals surface area contributed by atoms with Gasteiger partial charge in [-0.25, -0.2) is 13.5 Å². The predicted molar refractivity (Wildman–Crippen MR) is 108 cm³/mol. The summed E-state index contributed by atoms with van der Waals surface area (Å²) in [5.74, 6) is -1.86. The van der Waals surface area contributed by atoms with Gasteiger partial charge in [0.15, 0.2) is 11.6 Å². The second-order valence-corrected chi connectivity index (χ2v) is 6.75. The first-order valence-electron chi connectivity index (χ1n) is 9.34. The standard InChI is InChI=1S/C18H22F2N6O3S/c1-3-28-11-25-10-24(9-16(25)27)17-14(19)5-13(6-15(17)20)26-8-12(22-23-26)7-21-18(30)29-4-2/h5-6,8H,3-4,7,9-11H2,1-2H3,(H,21,30). The number of aromatic nitrogens is 3. The summed E-state index contributed by atoms with van der Waals surface area (Å²) < 4.78 is 41.1. The first-order valence-corrected chi connectivity index (χ1v) is 9.75. The number of thiocarbonyl (C=S) groups is 1. The van der Waals surface area contributed by atoms with E-state index in [1.54, 1.807) is 6.92 Å². The maximum Gasteiger partial charge on any atom is 0.256 e. The number of amides is 1. The molecule has 0 spiro atoms. The van der Waals surface area contributed by atoms with Crippen molar-refractivity contribution in [3.63, 3.8) is 0 Å². The van der Waals surface area contributed by atoms with Crippen LogP contribution in [-0.4, -0.2) is 64.1 Å². The highest BCUT2D eigenvalue weighted by atomic mass is 32.1. The molecule has 0 aliphatic carbocycles. The molecule has 9 nitrogen and oxygen atoms in total. The SMILES string of the molecule is CCOCN1CN(c2c(F)cc(-n3cc(CNC(=S)OCC)nn3)cc2F)CC1=O. The van der Waals surface area contributed by atoms with Gasteiger partial charge in [-0.15, -0.1) is 5.10 Å². The minimum absolute atomic E-state index is 0.0465. The quantitative estimate of drug-likeness (QED) is 0.619. The molecule has 0 unspecified atom stereocenters. The van der Waals surface area contributed by atoms with Crippen molar-refractivity contribution in [2.45, 2.75) is 20.4 Å². The van der Waals surface area contributed by atoms with Crippen LogP contribution in [0.1, 0.15) is 19.5 Å². The fraction of sp³-hybridized carbons (Fsp3) is 0.444. The number of anilines is 1. The summed E-state index contributed by atoms with van der Waals surface area (Å²) in [6.45, 7) is 4.75. The second kappa shape index (κ2) is 9.76. The molecule has 1 aromatic carbocycles. The van der Waals surface area contributed by atoms with Crippen LogP contribution in [-0.2, 0) is 20.8 Å². The average molecular weight is 440 g/mol. The molecular weight excluding hydrogens is 418 g/mol. The number of rotatable bonds is 8. The third-order valence-corrected chi connectivity index (χ3v) is 4.55. The molecule has 1 aromatic heterocycles. The Morgan fingerprint density at radius 1 is 1.27 bits per heavy atom. The molecule has 2 heterocycles. The van der Waals surface area contributed by atoms with Crippen molar-refractivity contribution < 1.29 is 23.0 Å². The van der Waals surface area contributed by atoms with Gasteiger partial charge in [0.1, 0.15) is 18.1 Å². The van der Waals surface area contributed by atoms with E-state index in [0.717, 1.165) is 12.1 Å². The summed E-state index contributed by atoms with van der Waals surface area (Å²) >= 11 is 4.97. The maximum absolute atomic E-state index is 14.7. The number of carbonyl (C=O) groups is 1. The minimum Gasteiger partial charge on any atom is -0.471 e. The van der Waals surface area contributed by atoms with E-state index in [0.29, 0.717) is 18.9 Å². The molecule has 3 rings (SSSR count). The van der Waals surface area contributed by atoms with Crippen molar-refractivity contribution in [1.29, 1.82) is 0 Å². The largest absolute Gasteiger partial charge is 0.471 e. The Morgan fingerprint density at radius 3 is 2.67 bits per heavy atom. The van der Waals surface area contributed by atoms with Crippen LogP contribution >= 0.6 is 12.2 Å². The molecule has 1 N–H and O–H groups in total. The van der Waals surface area contributed by atoms with Crippen LogP contribution in [0.15, 0.2) is 18.3 Å². The molecule has 12 heteroatoms. The van der Waals surface area contributed by atoms with Crippen molar-refractivity contribution in [1.82, 2.24) is 25.2 Å². The van der Waals surface area contributed by atoms with Crippen LogP contribution in [0.25, 0.3) is 5.69 Å². The van der Waals surface area contributed by atoms with Gasteiger partial charge in [-0.1, -0.05) is 5.21 Å². The Kier molecular flexibility index (Phi) is 7.11. The molecule has 1 amide bonds. The van der Waals surface area contributed by atoms with E-state index < -0.39 is 11.6 Å². The molecule has 2 aromatic rings. The molecule has 30 heavy (non-hydrogen) atoms. The van der Waals surface area contributed by atoms with Crippen LogP contribution in [0.5, 0.6) is 0 Å². The highest BCUT2D eigenvalue weighted by Crippen LogP contribution is 2.28. The number of carbonyl (C=O) groups excluding carboxylic acids is 1. The Labute approximate surface area is 177 Å². The number of benzene rings is 1. The van der Waals surface area contributed by atoms with E-state index in [-0.39, 0.29) is 48.9 Å². The van der Waals surface area contributed by atoms with Gasteiger partial charge in [0.25, 0.3) is 5.17 Å². The molecule has 0 bridgehead atoms. The van der Waals surface area contributed by atoms with E-state index >= 15 is 0 Å². The zero-order valence-electron chi connectivity index (χ0n) is 16.6. The predicted octanol–water partition coefficient (Wildman–Crippen LogP) is 1.56. The van der Waals surface area contributed by atoms with E-state index in [4.69, 9.17) is 21.7 Å². The lowest BCUT2D eigenvalue weighted by Gasteiger charge is -2.20. The second-order valence-electron chi connectivity index (χ2n) is 6.38. The zero-order chi connectivity index (χ0) is 21.7. The molecule has 1 fully saturated rings. The van der Waals surface area contributed by atoms with Crippen molar-refractivity contribution in [3.8, 4) is 5.69 Å². The number of nitrogens with one attached hydrogen (secondary N) is 1. The number of ether oxygens (including phenoxy) is 2. The van der Waals surface area contributed by atoms with Crippen LogP contribution < -0.4 is 10.2 Å². The summed E-state index contributed by atoms with van der Waals surface area (Å²) in [6, 6.07) is 2.29. The Balaban J connectivity index is 1.72. The van der Waals surface area contributed by atoms with Gasteiger partial charge in [-0.3, -0.25) is 4.79 Å². The van der Waals surface area contributed by atoms with Crippen molar-refractivity contribution in [2.75, 3.05) is 38.1 Å². The first kappa shape index (κ1) is 21.8. The fourth-order valence-electron chi connectivity index (χ4n) is 2.90. The van der Waals surface area contributed by atoms with Crippen LogP contribution in [0, 0.1) is 11.6 Å². The zero-order valence-corrected chi connectivity index (χ0v) is 17.4. The summed E-state index contributed by atoms with van der Waals surface area (Å²) in [5.41, 5.74) is 0.408. The number of halogens is 2. The third-order valence-electron chi connectivity index (χ3n) is 4.28. The number of hydrogen-bond acceptors (Lipinski definition) is 7. The van der Waals surface area contributed by atoms with Gasteiger partial charge < -0.3 is 24.6 Å². The minimum atomic E-state index is -0.802. The molecule has 162 valence electrons. The van der Waals surface area contributed by atoms with Crippen LogP contribution in [0.3, 0.4) is 0 Å². The lowest BCUT2D eigenvalue weighted by atomic mass is 10.2. The lowest BCUT2D eigenvalue weighted by Crippen LogP contribution is -2.30. The fourth-order valence-corrected chi connectivity index (χ4v) is 3.09. The summed E-state index contributed by atoms with van der Waals surface area (Å²) in [7, 11) is 0. The number of hydrogen-bond donors (Lipinski definition) is 1. The molecule has 1 aliphatic heterocycles. The monoisotopic (exact) mass is 440 g/mol. The lowest BCUT2D eigenvalue weighted by molar-refractivity contribution is -0.131. The summed E-state index contributed by atoms with van der Waals surface area (Å²) in [5, 5.41) is 10.9. The van der Waals surface area contributed by atoms with E-state index in [1.165, 1.54) is 20.7 Å². The highest BCUT2D eigenvalue weighted by Gasteiger charge is 2.31. The van der Waals surface area contributed by atoms with Gasteiger partial charge in [-0.05, 0) is 26.1 Å². The number of nitrogens with zero attached hydrogens (tertiary/aromatic N) is 5. The van der Waals surface area contributed by atoms with Gasteiger partial charge in [0.05, 0.1) is 38.2 Å². The molecule has 1 aliphatic rings. The maximum atomic E-state index is 14.7. The van der Waals surface area contributed by atoms with Crippen molar-refractivity contribution >= 4 is 29.0 Å². The van der Waals surface area contributed by atoms with E-state index in [9.17, 15) is 13.6 Å². The summed E-state index contributed by atoms with van der Waals surface area (Å²) in [6.07, 6.45) is 1.53. The highest BCUT2D eigenvalue weighted by molar-refractivity contribution is 7.80. The molecule has 0 saturated carbocycles. The Morgan fingerprint density at radius 2 is 2.00 bits per heavy atom. The summed E-state index contributed by atoms with van der Waals surface area (Å²) in [4.78, 5) is 14.8. The van der Waals surface area contributed by atoms with Gasteiger partial charge in [0.2, 0.25) is 5.91 Å². The normalized spacial score (nSPS) is 13.8. The van der Waals surface area contributed by atoms with E-state index in [2.05, 4.69) is 15.6 Å².